The second-order valence-electron chi connectivity index (χ2n) is 6.61. The number of benzene rings is 3. The predicted molar refractivity (Wildman–Crippen MR) is 113 cm³/mol. The number of rotatable bonds is 3. The van der Waals surface area contributed by atoms with Crippen molar-refractivity contribution in [3.63, 3.8) is 0 Å². The van der Waals surface area contributed by atoms with E-state index in [1.165, 1.54) is 5.56 Å². The first kappa shape index (κ1) is 17.4. The molecule has 0 aliphatic carbocycles. The summed E-state index contributed by atoms with van der Waals surface area (Å²) >= 11 is 0. The number of anilines is 1. The molecule has 4 rings (SSSR count). The normalized spacial score (nSPS) is 17.0. The Hall–Kier alpha value is -2.98. The van der Waals surface area contributed by atoms with Gasteiger partial charge in [0.1, 0.15) is 0 Å². The Balaban J connectivity index is 1.80. The summed E-state index contributed by atoms with van der Waals surface area (Å²) in [7, 11) is -1.25. The summed E-state index contributed by atoms with van der Waals surface area (Å²) in [5.41, 5.74) is 6.86. The fourth-order valence-corrected chi connectivity index (χ4v) is 3.94. The van der Waals surface area contributed by atoms with Crippen LogP contribution in [0.4, 0.5) is 11.4 Å². The maximum absolute atomic E-state index is 12.8. The number of hydrogen-bond donors (Lipinski definition) is 1. The summed E-state index contributed by atoms with van der Waals surface area (Å²) in [6, 6.07) is 23.8. The molecule has 1 unspecified atom stereocenters. The van der Waals surface area contributed by atoms with Gasteiger partial charge in [-0.2, -0.15) is 0 Å². The molecule has 0 aromatic heterocycles. The quantitative estimate of drug-likeness (QED) is 0.660. The third kappa shape index (κ3) is 3.76. The average Bonchev–Trinajstić information content (AvgIpc) is 3.00. The van der Waals surface area contributed by atoms with E-state index < -0.39 is 10.8 Å². The van der Waals surface area contributed by atoms with Crippen LogP contribution in [0.15, 0.2) is 93.8 Å². The van der Waals surface area contributed by atoms with Gasteiger partial charge in [0.25, 0.3) is 0 Å². The molecule has 3 aromatic rings. The van der Waals surface area contributed by atoms with E-state index in [9.17, 15) is 4.21 Å². The summed E-state index contributed by atoms with van der Waals surface area (Å²) in [4.78, 5) is 5.63. The smallest absolute Gasteiger partial charge is 0.0971 e. The van der Waals surface area contributed by atoms with Gasteiger partial charge >= 0.3 is 0 Å². The highest BCUT2D eigenvalue weighted by Gasteiger charge is 2.23. The minimum Gasteiger partial charge on any atom is -0.353 e. The largest absolute Gasteiger partial charge is 0.353 e. The van der Waals surface area contributed by atoms with E-state index in [1.807, 2.05) is 60.7 Å². The van der Waals surface area contributed by atoms with E-state index in [1.54, 1.807) is 5.41 Å². The second kappa shape index (κ2) is 7.33. The standard InChI is InChI=1S/C23H20N2OS/c1-16-8-11-18(12-9-16)24-23-20-14-17(2)10-13-21(20)25-22(23)15-27(26)19-6-4-3-5-7-19/h3-15,25H,1-2H3/b22-15-,24-23?. The minimum absolute atomic E-state index is 0.772. The highest BCUT2D eigenvalue weighted by Crippen LogP contribution is 2.32. The van der Waals surface area contributed by atoms with Crippen LogP contribution >= 0.6 is 0 Å². The molecule has 1 heterocycles. The highest BCUT2D eigenvalue weighted by atomic mass is 32.2. The lowest BCUT2D eigenvalue weighted by atomic mass is 10.1. The average molecular weight is 372 g/mol. The van der Waals surface area contributed by atoms with Crippen LogP contribution in [0.5, 0.6) is 0 Å². The van der Waals surface area contributed by atoms with E-state index in [-0.39, 0.29) is 0 Å². The Morgan fingerprint density at radius 2 is 1.59 bits per heavy atom. The van der Waals surface area contributed by atoms with Crippen LogP contribution in [-0.4, -0.2) is 9.92 Å². The minimum atomic E-state index is -1.25. The van der Waals surface area contributed by atoms with Gasteiger partial charge in [0.05, 0.1) is 27.9 Å². The van der Waals surface area contributed by atoms with Crippen LogP contribution < -0.4 is 5.32 Å². The lowest BCUT2D eigenvalue weighted by molar-refractivity contribution is 0.688. The zero-order chi connectivity index (χ0) is 18.8. The van der Waals surface area contributed by atoms with Gasteiger partial charge in [-0.3, -0.25) is 0 Å². The van der Waals surface area contributed by atoms with Gasteiger partial charge in [0, 0.05) is 21.6 Å². The first-order chi connectivity index (χ1) is 13.1. The van der Waals surface area contributed by atoms with E-state index in [0.717, 1.165) is 38.8 Å². The molecule has 0 saturated heterocycles. The van der Waals surface area contributed by atoms with Crippen molar-refractivity contribution in [2.24, 2.45) is 4.99 Å². The monoisotopic (exact) mass is 372 g/mol. The van der Waals surface area contributed by atoms with E-state index in [0.29, 0.717) is 0 Å². The van der Waals surface area contributed by atoms with Gasteiger partial charge in [-0.15, -0.1) is 0 Å². The van der Waals surface area contributed by atoms with Gasteiger partial charge < -0.3 is 5.32 Å². The zero-order valence-electron chi connectivity index (χ0n) is 15.3. The third-order valence-electron chi connectivity index (χ3n) is 4.43. The maximum Gasteiger partial charge on any atom is 0.0971 e. The Labute approximate surface area is 161 Å². The van der Waals surface area contributed by atoms with Gasteiger partial charge in [-0.05, 0) is 50.2 Å². The SMILES string of the molecule is Cc1ccc(N=C2/C(=C/S(=O)c3ccccc3)Nc3ccc(C)cc32)cc1. The van der Waals surface area contributed by atoms with Crippen molar-refractivity contribution >= 4 is 27.9 Å². The molecule has 3 aromatic carbocycles. The van der Waals surface area contributed by atoms with Crippen molar-refractivity contribution in [1.29, 1.82) is 0 Å². The molecule has 0 radical (unpaired) electrons. The van der Waals surface area contributed by atoms with E-state index in [2.05, 4.69) is 31.3 Å². The molecule has 3 nitrogen and oxygen atoms in total. The number of aliphatic imine (C=N–C) groups is 1. The number of hydrogen-bond acceptors (Lipinski definition) is 3. The van der Waals surface area contributed by atoms with Crippen LogP contribution in [0.3, 0.4) is 0 Å². The Morgan fingerprint density at radius 1 is 0.889 bits per heavy atom. The summed E-state index contributed by atoms with van der Waals surface area (Å²) in [5, 5.41) is 5.13. The van der Waals surface area contributed by atoms with Crippen molar-refractivity contribution < 1.29 is 4.21 Å². The summed E-state index contributed by atoms with van der Waals surface area (Å²) in [6.45, 7) is 4.12. The molecule has 0 saturated carbocycles. The molecule has 0 amide bonds. The molecule has 1 aliphatic heterocycles. The number of allylic oxidation sites excluding steroid dienone is 1. The van der Waals surface area contributed by atoms with Crippen LogP contribution in [0.25, 0.3) is 0 Å². The van der Waals surface area contributed by atoms with Crippen LogP contribution in [0.2, 0.25) is 0 Å². The first-order valence-electron chi connectivity index (χ1n) is 8.81. The molecular weight excluding hydrogens is 352 g/mol. The van der Waals surface area contributed by atoms with Crippen LogP contribution in [0, 0.1) is 13.8 Å². The van der Waals surface area contributed by atoms with Gasteiger partial charge in [-0.1, -0.05) is 47.5 Å². The molecule has 1 N–H and O–H groups in total. The number of fused-ring (bicyclic) bond motifs is 1. The topological polar surface area (TPSA) is 41.5 Å². The molecule has 4 heteroatoms. The number of nitrogens with zero attached hydrogens (tertiary/aromatic N) is 1. The molecule has 0 bridgehead atoms. The molecule has 1 aliphatic rings. The molecule has 27 heavy (non-hydrogen) atoms. The molecule has 0 spiro atoms. The van der Waals surface area contributed by atoms with Gasteiger partial charge in [0.15, 0.2) is 0 Å². The Morgan fingerprint density at radius 3 is 2.33 bits per heavy atom. The zero-order valence-corrected chi connectivity index (χ0v) is 16.1. The Kier molecular flexibility index (Phi) is 4.73. The van der Waals surface area contributed by atoms with E-state index in [4.69, 9.17) is 4.99 Å². The molecule has 134 valence electrons. The second-order valence-corrected chi connectivity index (χ2v) is 7.91. The van der Waals surface area contributed by atoms with Gasteiger partial charge in [0.2, 0.25) is 0 Å². The predicted octanol–water partition coefficient (Wildman–Crippen LogP) is 5.50. The lowest BCUT2D eigenvalue weighted by Gasteiger charge is -2.04. The molecular formula is C23H20N2OS. The van der Waals surface area contributed by atoms with Crippen molar-refractivity contribution in [3.8, 4) is 0 Å². The van der Waals surface area contributed by atoms with Crippen molar-refractivity contribution in [1.82, 2.24) is 0 Å². The number of nitrogens with one attached hydrogen (secondary N) is 1. The summed E-state index contributed by atoms with van der Waals surface area (Å²) in [5.74, 6) is 0. The fraction of sp³-hybridized carbons (Fsp3) is 0.0870. The van der Waals surface area contributed by atoms with Crippen molar-refractivity contribution in [2.45, 2.75) is 18.7 Å². The third-order valence-corrected chi connectivity index (χ3v) is 5.62. The van der Waals surface area contributed by atoms with Crippen LogP contribution in [0.1, 0.15) is 16.7 Å². The molecule has 0 fully saturated rings. The summed E-state index contributed by atoms with van der Waals surface area (Å²) < 4.78 is 12.8. The van der Waals surface area contributed by atoms with E-state index >= 15 is 0 Å². The van der Waals surface area contributed by atoms with Crippen molar-refractivity contribution in [3.05, 3.63) is 101 Å². The Bertz CT molecular complexity index is 1070. The van der Waals surface area contributed by atoms with Crippen molar-refractivity contribution in [2.75, 3.05) is 5.32 Å². The van der Waals surface area contributed by atoms with Crippen LogP contribution in [-0.2, 0) is 10.8 Å². The number of aryl methyl sites for hydroxylation is 2. The fourth-order valence-electron chi connectivity index (χ4n) is 3.00. The highest BCUT2D eigenvalue weighted by molar-refractivity contribution is 7.88. The lowest BCUT2D eigenvalue weighted by Crippen LogP contribution is -2.04. The molecule has 1 atom stereocenters. The van der Waals surface area contributed by atoms with Gasteiger partial charge in [-0.25, -0.2) is 9.20 Å². The first-order valence-corrected chi connectivity index (χ1v) is 10.0. The maximum atomic E-state index is 12.8. The summed E-state index contributed by atoms with van der Waals surface area (Å²) in [6.07, 6.45) is 0.